The molecule has 1 aliphatic heterocycles. The monoisotopic (exact) mass is 139 g/mol. The highest BCUT2D eigenvalue weighted by molar-refractivity contribution is 4.87. The van der Waals surface area contributed by atoms with Gasteiger partial charge in [-0.1, -0.05) is 19.9 Å². The summed E-state index contributed by atoms with van der Waals surface area (Å²) in [7, 11) is 0. The first kappa shape index (κ1) is 7.64. The van der Waals surface area contributed by atoms with Gasteiger partial charge in [0.2, 0.25) is 0 Å². The molecule has 0 N–H and O–H groups in total. The molecule has 58 valence electrons. The molecule has 0 saturated heterocycles. The van der Waals surface area contributed by atoms with Crippen molar-refractivity contribution >= 4 is 0 Å². The van der Waals surface area contributed by atoms with Gasteiger partial charge in [0.05, 0.1) is 0 Å². The standard InChI is InChI=1S/C9H17N/c1-9(2)8-10-6-4-3-5-7-10/h4,6,9H,3,5,7-8H2,1-2H3. The van der Waals surface area contributed by atoms with E-state index in [-0.39, 0.29) is 0 Å². The number of nitrogens with zero attached hydrogens (tertiary/aromatic N) is 1. The van der Waals surface area contributed by atoms with Crippen LogP contribution < -0.4 is 0 Å². The average Bonchev–Trinajstić information content (AvgIpc) is 1.88. The van der Waals surface area contributed by atoms with Crippen molar-refractivity contribution in [1.29, 1.82) is 0 Å². The Balaban J connectivity index is 2.26. The van der Waals surface area contributed by atoms with Crippen molar-refractivity contribution in [2.24, 2.45) is 5.92 Å². The van der Waals surface area contributed by atoms with Crippen molar-refractivity contribution < 1.29 is 0 Å². The number of rotatable bonds is 2. The maximum absolute atomic E-state index is 2.41. The smallest absolute Gasteiger partial charge is 0.0195 e. The lowest BCUT2D eigenvalue weighted by molar-refractivity contribution is 0.315. The van der Waals surface area contributed by atoms with Gasteiger partial charge < -0.3 is 4.90 Å². The van der Waals surface area contributed by atoms with Gasteiger partial charge in [0.15, 0.2) is 0 Å². The minimum Gasteiger partial charge on any atom is -0.377 e. The van der Waals surface area contributed by atoms with E-state index in [2.05, 4.69) is 31.0 Å². The van der Waals surface area contributed by atoms with Crippen LogP contribution in [-0.2, 0) is 0 Å². The van der Waals surface area contributed by atoms with Crippen LogP contribution in [0.2, 0.25) is 0 Å². The lowest BCUT2D eigenvalue weighted by Gasteiger charge is -2.24. The van der Waals surface area contributed by atoms with Crippen LogP contribution in [0.15, 0.2) is 12.3 Å². The summed E-state index contributed by atoms with van der Waals surface area (Å²) < 4.78 is 0. The van der Waals surface area contributed by atoms with Crippen molar-refractivity contribution in [1.82, 2.24) is 4.90 Å². The number of hydrogen-bond acceptors (Lipinski definition) is 1. The Labute approximate surface area is 63.7 Å². The second kappa shape index (κ2) is 3.65. The van der Waals surface area contributed by atoms with E-state index in [0.29, 0.717) is 0 Å². The average molecular weight is 139 g/mol. The molecule has 0 spiro atoms. The second-order valence-corrected chi connectivity index (χ2v) is 3.42. The van der Waals surface area contributed by atoms with Gasteiger partial charge >= 0.3 is 0 Å². The van der Waals surface area contributed by atoms with E-state index in [9.17, 15) is 0 Å². The Kier molecular flexibility index (Phi) is 2.79. The molecule has 0 fully saturated rings. The van der Waals surface area contributed by atoms with E-state index < -0.39 is 0 Å². The summed E-state index contributed by atoms with van der Waals surface area (Å²) in [6.07, 6.45) is 7.12. The minimum atomic E-state index is 0.794. The Hall–Kier alpha value is -0.460. The van der Waals surface area contributed by atoms with Crippen molar-refractivity contribution in [2.75, 3.05) is 13.1 Å². The van der Waals surface area contributed by atoms with Crippen LogP contribution >= 0.6 is 0 Å². The Morgan fingerprint density at radius 2 is 2.30 bits per heavy atom. The Morgan fingerprint density at radius 3 is 2.80 bits per heavy atom. The zero-order valence-electron chi connectivity index (χ0n) is 7.01. The maximum Gasteiger partial charge on any atom is 0.0195 e. The van der Waals surface area contributed by atoms with E-state index in [1.54, 1.807) is 0 Å². The molecular weight excluding hydrogens is 122 g/mol. The van der Waals surface area contributed by atoms with E-state index in [4.69, 9.17) is 0 Å². The van der Waals surface area contributed by atoms with Crippen LogP contribution in [0.4, 0.5) is 0 Å². The highest BCUT2D eigenvalue weighted by Crippen LogP contribution is 2.07. The first-order chi connectivity index (χ1) is 4.79. The molecule has 0 radical (unpaired) electrons. The van der Waals surface area contributed by atoms with Crippen LogP contribution in [-0.4, -0.2) is 18.0 Å². The summed E-state index contributed by atoms with van der Waals surface area (Å²) >= 11 is 0. The van der Waals surface area contributed by atoms with Crippen molar-refractivity contribution in [3.63, 3.8) is 0 Å². The molecule has 0 unspecified atom stereocenters. The fraction of sp³-hybridized carbons (Fsp3) is 0.778. The summed E-state index contributed by atoms with van der Waals surface area (Å²) in [5.41, 5.74) is 0. The van der Waals surface area contributed by atoms with Crippen LogP contribution in [0.1, 0.15) is 26.7 Å². The fourth-order valence-electron chi connectivity index (χ4n) is 1.33. The summed E-state index contributed by atoms with van der Waals surface area (Å²) in [6.45, 7) is 7.01. The van der Waals surface area contributed by atoms with Crippen LogP contribution in [0, 0.1) is 5.92 Å². The minimum absolute atomic E-state index is 0.794. The second-order valence-electron chi connectivity index (χ2n) is 3.42. The summed E-state index contributed by atoms with van der Waals surface area (Å²) in [5.74, 6) is 0.794. The van der Waals surface area contributed by atoms with E-state index in [0.717, 1.165) is 5.92 Å². The lowest BCUT2D eigenvalue weighted by Crippen LogP contribution is -2.25. The third kappa shape index (κ3) is 2.42. The molecule has 0 bridgehead atoms. The Bertz CT molecular complexity index is 116. The molecule has 1 heteroatoms. The number of allylic oxidation sites excluding steroid dienone is 1. The third-order valence-electron chi connectivity index (χ3n) is 1.73. The molecule has 0 aromatic rings. The molecule has 0 aromatic heterocycles. The van der Waals surface area contributed by atoms with Gasteiger partial charge in [0.25, 0.3) is 0 Å². The molecule has 0 amide bonds. The molecule has 0 saturated carbocycles. The van der Waals surface area contributed by atoms with Gasteiger partial charge in [-0.05, 0) is 25.0 Å². The van der Waals surface area contributed by atoms with Gasteiger partial charge in [-0.15, -0.1) is 0 Å². The third-order valence-corrected chi connectivity index (χ3v) is 1.73. The van der Waals surface area contributed by atoms with Crippen molar-refractivity contribution in [2.45, 2.75) is 26.7 Å². The molecule has 1 nitrogen and oxygen atoms in total. The Morgan fingerprint density at radius 1 is 1.50 bits per heavy atom. The van der Waals surface area contributed by atoms with Gasteiger partial charge in [-0.2, -0.15) is 0 Å². The van der Waals surface area contributed by atoms with Gasteiger partial charge in [0, 0.05) is 13.1 Å². The molecular formula is C9H17N. The van der Waals surface area contributed by atoms with E-state index in [1.807, 2.05) is 0 Å². The highest BCUT2D eigenvalue weighted by atomic mass is 15.1. The fourth-order valence-corrected chi connectivity index (χ4v) is 1.33. The highest BCUT2D eigenvalue weighted by Gasteiger charge is 2.04. The zero-order chi connectivity index (χ0) is 7.40. The molecule has 1 aliphatic rings. The zero-order valence-corrected chi connectivity index (χ0v) is 7.01. The van der Waals surface area contributed by atoms with Gasteiger partial charge in [-0.25, -0.2) is 0 Å². The summed E-state index contributed by atoms with van der Waals surface area (Å²) in [6, 6.07) is 0. The largest absolute Gasteiger partial charge is 0.377 e. The summed E-state index contributed by atoms with van der Waals surface area (Å²) in [5, 5.41) is 0. The van der Waals surface area contributed by atoms with Crippen molar-refractivity contribution in [3.8, 4) is 0 Å². The molecule has 0 atom stereocenters. The number of hydrogen-bond donors (Lipinski definition) is 0. The van der Waals surface area contributed by atoms with E-state index >= 15 is 0 Å². The quantitative estimate of drug-likeness (QED) is 0.567. The first-order valence-corrected chi connectivity index (χ1v) is 4.20. The molecule has 10 heavy (non-hydrogen) atoms. The normalized spacial score (nSPS) is 18.5. The predicted octanol–water partition coefficient (Wildman–Crippen LogP) is 2.25. The van der Waals surface area contributed by atoms with Gasteiger partial charge in [0.1, 0.15) is 0 Å². The van der Waals surface area contributed by atoms with Crippen LogP contribution in [0.3, 0.4) is 0 Å². The molecule has 0 aliphatic carbocycles. The van der Waals surface area contributed by atoms with E-state index in [1.165, 1.54) is 25.9 Å². The molecule has 1 rings (SSSR count). The molecule has 1 heterocycles. The topological polar surface area (TPSA) is 3.24 Å². The van der Waals surface area contributed by atoms with Gasteiger partial charge in [-0.3, -0.25) is 0 Å². The predicted molar refractivity (Wildman–Crippen MR) is 44.8 cm³/mol. The van der Waals surface area contributed by atoms with Crippen LogP contribution in [0.25, 0.3) is 0 Å². The SMILES string of the molecule is CC(C)CN1C=CCCC1. The van der Waals surface area contributed by atoms with Crippen molar-refractivity contribution in [3.05, 3.63) is 12.3 Å². The van der Waals surface area contributed by atoms with Crippen LogP contribution in [0.5, 0.6) is 0 Å². The summed E-state index contributed by atoms with van der Waals surface area (Å²) in [4.78, 5) is 2.41. The molecule has 0 aromatic carbocycles. The lowest BCUT2D eigenvalue weighted by atomic mass is 10.1. The maximum atomic E-state index is 2.41. The first-order valence-electron chi connectivity index (χ1n) is 4.20.